The van der Waals surface area contributed by atoms with Gasteiger partial charge >= 0.3 is 5.97 Å². The molecule has 1 N–H and O–H groups in total. The average Bonchev–Trinajstić information content (AvgIpc) is 2.99. The molecule has 2 heterocycles. The Morgan fingerprint density at radius 3 is 3.05 bits per heavy atom. The minimum atomic E-state index is -0.758. The van der Waals surface area contributed by atoms with Crippen molar-refractivity contribution in [3.63, 3.8) is 0 Å². The number of benzene rings is 1. The van der Waals surface area contributed by atoms with E-state index in [9.17, 15) is 9.90 Å². The Kier molecular flexibility index (Phi) is 3.88. The summed E-state index contributed by atoms with van der Waals surface area (Å²) in [5.41, 5.74) is 1.99. The Morgan fingerprint density at radius 2 is 2.32 bits per heavy atom. The van der Waals surface area contributed by atoms with Crippen LogP contribution in [0.3, 0.4) is 0 Å². The zero-order valence-electron chi connectivity index (χ0n) is 12.9. The number of nitrogens with zero attached hydrogens (tertiary/aromatic N) is 2. The topological polar surface area (TPSA) is 62.7 Å². The van der Waals surface area contributed by atoms with E-state index in [1.54, 1.807) is 6.20 Å². The van der Waals surface area contributed by atoms with Crippen LogP contribution in [0.2, 0.25) is 0 Å². The zero-order chi connectivity index (χ0) is 15.7. The smallest absolute Gasteiger partial charge is 0.326 e. The maximum Gasteiger partial charge on any atom is 0.326 e. The first kappa shape index (κ1) is 14.6. The number of fused-ring (bicyclic) bond motifs is 1. The third-order valence-corrected chi connectivity index (χ3v) is 4.17. The summed E-state index contributed by atoms with van der Waals surface area (Å²) >= 11 is 0. The van der Waals surface area contributed by atoms with Crippen LogP contribution >= 0.6 is 0 Å². The highest BCUT2D eigenvalue weighted by atomic mass is 16.5. The molecule has 0 saturated carbocycles. The van der Waals surface area contributed by atoms with Gasteiger partial charge in [-0.05, 0) is 44.4 Å². The van der Waals surface area contributed by atoms with E-state index in [4.69, 9.17) is 4.74 Å². The monoisotopic (exact) mass is 300 g/mol. The highest BCUT2D eigenvalue weighted by Gasteiger charge is 2.31. The largest absolute Gasteiger partial charge is 0.480 e. The van der Waals surface area contributed by atoms with E-state index in [-0.39, 0.29) is 0 Å². The lowest BCUT2D eigenvalue weighted by Gasteiger charge is -2.26. The SMILES string of the molecule is CCOc1ncc(C)c2c(N3CCCC3C(=O)O)cccc12. The lowest BCUT2D eigenvalue weighted by atomic mass is 10.0. The summed E-state index contributed by atoms with van der Waals surface area (Å²) in [7, 11) is 0. The lowest BCUT2D eigenvalue weighted by molar-refractivity contribution is -0.138. The molecule has 1 unspecified atom stereocenters. The Morgan fingerprint density at radius 1 is 1.50 bits per heavy atom. The molecule has 1 aliphatic heterocycles. The molecule has 1 fully saturated rings. The summed E-state index contributed by atoms with van der Waals surface area (Å²) in [5, 5.41) is 11.4. The Labute approximate surface area is 129 Å². The maximum absolute atomic E-state index is 11.5. The molecule has 3 rings (SSSR count). The molecule has 22 heavy (non-hydrogen) atoms. The van der Waals surface area contributed by atoms with Crippen molar-refractivity contribution in [3.8, 4) is 5.88 Å². The molecule has 0 bridgehead atoms. The van der Waals surface area contributed by atoms with Crippen LogP contribution < -0.4 is 9.64 Å². The predicted octanol–water partition coefficient (Wildman–Crippen LogP) is 3.00. The van der Waals surface area contributed by atoms with Crippen molar-refractivity contribution in [2.75, 3.05) is 18.1 Å². The van der Waals surface area contributed by atoms with Gasteiger partial charge in [-0.2, -0.15) is 0 Å². The van der Waals surface area contributed by atoms with E-state index in [1.165, 1.54) is 0 Å². The molecule has 116 valence electrons. The van der Waals surface area contributed by atoms with Crippen LogP contribution in [0.1, 0.15) is 25.3 Å². The normalized spacial score (nSPS) is 17.9. The summed E-state index contributed by atoms with van der Waals surface area (Å²) in [4.78, 5) is 17.9. The number of aromatic nitrogens is 1. The molecule has 2 aromatic rings. The minimum Gasteiger partial charge on any atom is -0.480 e. The summed E-state index contributed by atoms with van der Waals surface area (Å²) in [6.07, 6.45) is 3.38. The summed E-state index contributed by atoms with van der Waals surface area (Å²) in [5.74, 6) is -0.151. The molecule has 5 heteroatoms. The van der Waals surface area contributed by atoms with Gasteiger partial charge in [0.25, 0.3) is 0 Å². The minimum absolute atomic E-state index is 0.450. The predicted molar refractivity (Wildman–Crippen MR) is 85.7 cm³/mol. The van der Waals surface area contributed by atoms with Crippen LogP contribution in [0.4, 0.5) is 5.69 Å². The molecular weight excluding hydrogens is 280 g/mol. The fourth-order valence-electron chi connectivity index (χ4n) is 3.23. The molecule has 0 aliphatic carbocycles. The first-order valence-corrected chi connectivity index (χ1v) is 7.64. The molecule has 5 nitrogen and oxygen atoms in total. The van der Waals surface area contributed by atoms with E-state index >= 15 is 0 Å². The standard InChI is InChI=1S/C17H20N2O3/c1-3-22-16-12-6-4-7-13(15(12)11(2)10-18-16)19-9-5-8-14(19)17(20)21/h4,6-7,10,14H,3,5,8-9H2,1-2H3,(H,20,21). The Bertz CT molecular complexity index is 714. The van der Waals surface area contributed by atoms with Crippen molar-refractivity contribution >= 4 is 22.4 Å². The maximum atomic E-state index is 11.5. The molecule has 0 amide bonds. The summed E-state index contributed by atoms with van der Waals surface area (Å²) in [6.45, 7) is 5.25. The van der Waals surface area contributed by atoms with E-state index in [1.807, 2.05) is 36.9 Å². The first-order chi connectivity index (χ1) is 10.6. The van der Waals surface area contributed by atoms with Gasteiger partial charge in [0.1, 0.15) is 6.04 Å². The average molecular weight is 300 g/mol. The van der Waals surface area contributed by atoms with Crippen molar-refractivity contribution in [1.82, 2.24) is 4.98 Å². The number of hydrogen-bond donors (Lipinski definition) is 1. The molecule has 0 spiro atoms. The number of aryl methyl sites for hydroxylation is 1. The van der Waals surface area contributed by atoms with Gasteiger partial charge in [-0.3, -0.25) is 0 Å². The number of carboxylic acids is 1. The molecule has 1 atom stereocenters. The molecular formula is C17H20N2O3. The second kappa shape index (κ2) is 5.83. The highest BCUT2D eigenvalue weighted by molar-refractivity contribution is 6.00. The molecule has 1 aromatic heterocycles. The van der Waals surface area contributed by atoms with Crippen LogP contribution in [0, 0.1) is 6.92 Å². The molecule has 1 aliphatic rings. The Balaban J connectivity index is 2.18. The number of ether oxygens (including phenoxy) is 1. The van der Waals surface area contributed by atoms with Gasteiger partial charge in [0.2, 0.25) is 5.88 Å². The highest BCUT2D eigenvalue weighted by Crippen LogP contribution is 2.37. The van der Waals surface area contributed by atoms with Crippen LogP contribution in [0.25, 0.3) is 10.8 Å². The summed E-state index contributed by atoms with van der Waals surface area (Å²) in [6, 6.07) is 5.47. The van der Waals surface area contributed by atoms with Gasteiger partial charge in [-0.25, -0.2) is 9.78 Å². The number of pyridine rings is 1. The molecule has 0 radical (unpaired) electrons. The molecule has 1 aromatic carbocycles. The van der Waals surface area contributed by atoms with Crippen LogP contribution in [-0.4, -0.2) is 35.3 Å². The lowest BCUT2D eigenvalue weighted by Crippen LogP contribution is -2.36. The van der Waals surface area contributed by atoms with Crippen molar-refractivity contribution in [1.29, 1.82) is 0 Å². The first-order valence-electron chi connectivity index (χ1n) is 7.64. The number of carboxylic acid groups (broad SMARTS) is 1. The number of rotatable bonds is 4. The number of anilines is 1. The second-order valence-electron chi connectivity index (χ2n) is 5.57. The Hall–Kier alpha value is -2.30. The zero-order valence-corrected chi connectivity index (χ0v) is 12.9. The third-order valence-electron chi connectivity index (χ3n) is 4.17. The quantitative estimate of drug-likeness (QED) is 0.940. The van der Waals surface area contributed by atoms with E-state index in [0.717, 1.165) is 35.0 Å². The van der Waals surface area contributed by atoms with Crippen molar-refractivity contribution in [3.05, 3.63) is 30.0 Å². The van der Waals surface area contributed by atoms with Gasteiger partial charge in [0, 0.05) is 29.2 Å². The molecule has 1 saturated heterocycles. The number of aliphatic carboxylic acids is 1. The van der Waals surface area contributed by atoms with Crippen LogP contribution in [0.15, 0.2) is 24.4 Å². The number of hydrogen-bond acceptors (Lipinski definition) is 4. The number of carbonyl (C=O) groups is 1. The van der Waals surface area contributed by atoms with Crippen LogP contribution in [-0.2, 0) is 4.79 Å². The van der Waals surface area contributed by atoms with Gasteiger partial charge in [0.15, 0.2) is 0 Å². The van der Waals surface area contributed by atoms with Crippen molar-refractivity contribution in [2.24, 2.45) is 0 Å². The van der Waals surface area contributed by atoms with Gasteiger partial charge in [0.05, 0.1) is 6.61 Å². The van der Waals surface area contributed by atoms with Gasteiger partial charge in [-0.15, -0.1) is 0 Å². The van der Waals surface area contributed by atoms with Gasteiger partial charge in [-0.1, -0.05) is 6.07 Å². The van der Waals surface area contributed by atoms with E-state index in [2.05, 4.69) is 4.98 Å². The van der Waals surface area contributed by atoms with Crippen LogP contribution in [0.5, 0.6) is 5.88 Å². The van der Waals surface area contributed by atoms with Gasteiger partial charge < -0.3 is 14.7 Å². The van der Waals surface area contributed by atoms with Crippen molar-refractivity contribution in [2.45, 2.75) is 32.7 Å². The van der Waals surface area contributed by atoms with E-state index < -0.39 is 12.0 Å². The van der Waals surface area contributed by atoms with E-state index in [0.29, 0.717) is 18.9 Å². The van der Waals surface area contributed by atoms with Crippen molar-refractivity contribution < 1.29 is 14.6 Å². The fourth-order valence-corrected chi connectivity index (χ4v) is 3.23. The second-order valence-corrected chi connectivity index (χ2v) is 5.57. The third kappa shape index (κ3) is 2.36. The summed E-state index contributed by atoms with van der Waals surface area (Å²) < 4.78 is 5.62. The fraction of sp³-hybridized carbons (Fsp3) is 0.412.